The highest BCUT2D eigenvalue weighted by Gasteiger charge is 2.30. The van der Waals surface area contributed by atoms with Crippen LogP contribution in [0.25, 0.3) is 0 Å². The Balaban J connectivity index is 0.00000576. The Morgan fingerprint density at radius 3 is 2.36 bits per heavy atom. The SMILES string of the molecule is Cc1ccccc1C(=O)NC(CC(C)C)C(=O)NCC(F)(F)CN.Cl. The van der Waals surface area contributed by atoms with Crippen LogP contribution >= 0.6 is 12.4 Å². The maximum atomic E-state index is 13.2. The van der Waals surface area contributed by atoms with E-state index in [4.69, 9.17) is 5.73 Å². The van der Waals surface area contributed by atoms with E-state index >= 15 is 0 Å². The van der Waals surface area contributed by atoms with Gasteiger partial charge in [-0.25, -0.2) is 8.78 Å². The summed E-state index contributed by atoms with van der Waals surface area (Å²) in [5.74, 6) is -4.11. The molecule has 0 radical (unpaired) electrons. The van der Waals surface area contributed by atoms with Crippen molar-refractivity contribution in [3.63, 3.8) is 0 Å². The third-order valence-electron chi connectivity index (χ3n) is 3.54. The molecule has 0 saturated carbocycles. The van der Waals surface area contributed by atoms with Crippen LogP contribution in [0.4, 0.5) is 8.78 Å². The van der Waals surface area contributed by atoms with E-state index in [0.29, 0.717) is 12.0 Å². The molecular weight excluding hydrogens is 352 g/mol. The van der Waals surface area contributed by atoms with E-state index in [1.54, 1.807) is 31.2 Å². The Morgan fingerprint density at radius 1 is 1.24 bits per heavy atom. The molecule has 0 bridgehead atoms. The largest absolute Gasteiger partial charge is 0.348 e. The molecule has 0 heterocycles. The monoisotopic (exact) mass is 377 g/mol. The van der Waals surface area contributed by atoms with Gasteiger partial charge in [-0.1, -0.05) is 32.0 Å². The predicted octanol–water partition coefficient (Wildman–Crippen LogP) is 2.27. The summed E-state index contributed by atoms with van der Waals surface area (Å²) in [5.41, 5.74) is 6.17. The highest BCUT2D eigenvalue weighted by molar-refractivity contribution is 5.98. The van der Waals surface area contributed by atoms with Gasteiger partial charge in [0, 0.05) is 5.56 Å². The van der Waals surface area contributed by atoms with Crippen molar-refractivity contribution in [2.24, 2.45) is 11.7 Å². The molecule has 4 N–H and O–H groups in total. The number of alkyl halides is 2. The van der Waals surface area contributed by atoms with Gasteiger partial charge >= 0.3 is 0 Å². The lowest BCUT2D eigenvalue weighted by Crippen LogP contribution is -2.51. The fourth-order valence-electron chi connectivity index (χ4n) is 2.18. The number of rotatable bonds is 8. The van der Waals surface area contributed by atoms with Crippen molar-refractivity contribution in [3.8, 4) is 0 Å². The Bertz CT molecular complexity index is 583. The average Bonchev–Trinajstić information content (AvgIpc) is 2.52. The minimum absolute atomic E-state index is 0. The summed E-state index contributed by atoms with van der Waals surface area (Å²) < 4.78 is 26.4. The van der Waals surface area contributed by atoms with Gasteiger partial charge in [-0.3, -0.25) is 9.59 Å². The molecule has 0 aromatic heterocycles. The van der Waals surface area contributed by atoms with E-state index in [9.17, 15) is 18.4 Å². The molecule has 0 saturated heterocycles. The zero-order chi connectivity index (χ0) is 18.3. The molecule has 0 fully saturated rings. The normalized spacial score (nSPS) is 12.3. The molecule has 1 rings (SSSR count). The van der Waals surface area contributed by atoms with Crippen LogP contribution in [0, 0.1) is 12.8 Å². The molecule has 1 unspecified atom stereocenters. The average molecular weight is 378 g/mol. The summed E-state index contributed by atoms with van der Waals surface area (Å²) in [7, 11) is 0. The number of halogens is 3. The molecule has 0 aliphatic heterocycles. The first-order chi connectivity index (χ1) is 11.2. The van der Waals surface area contributed by atoms with E-state index in [1.807, 2.05) is 13.8 Å². The van der Waals surface area contributed by atoms with Crippen molar-refractivity contribution in [2.75, 3.05) is 13.1 Å². The van der Waals surface area contributed by atoms with Crippen LogP contribution in [0.5, 0.6) is 0 Å². The van der Waals surface area contributed by atoms with Crippen LogP contribution in [0.2, 0.25) is 0 Å². The van der Waals surface area contributed by atoms with E-state index in [2.05, 4.69) is 10.6 Å². The molecule has 2 amide bonds. The number of benzene rings is 1. The fourth-order valence-corrected chi connectivity index (χ4v) is 2.18. The van der Waals surface area contributed by atoms with Crippen molar-refractivity contribution in [3.05, 3.63) is 35.4 Å². The lowest BCUT2D eigenvalue weighted by atomic mass is 10.0. The summed E-state index contributed by atoms with van der Waals surface area (Å²) >= 11 is 0. The second-order valence-electron chi connectivity index (χ2n) is 6.25. The van der Waals surface area contributed by atoms with Crippen molar-refractivity contribution in [2.45, 2.75) is 39.2 Å². The molecule has 0 spiro atoms. The van der Waals surface area contributed by atoms with Gasteiger partial charge in [0.2, 0.25) is 5.91 Å². The van der Waals surface area contributed by atoms with Gasteiger partial charge in [0.05, 0.1) is 13.1 Å². The smallest absolute Gasteiger partial charge is 0.277 e. The topological polar surface area (TPSA) is 84.2 Å². The van der Waals surface area contributed by atoms with Gasteiger partial charge in [0.1, 0.15) is 6.04 Å². The number of amides is 2. The first-order valence-electron chi connectivity index (χ1n) is 7.88. The molecule has 1 atom stereocenters. The summed E-state index contributed by atoms with van der Waals surface area (Å²) in [4.78, 5) is 24.6. The van der Waals surface area contributed by atoms with E-state index in [-0.39, 0.29) is 18.3 Å². The second-order valence-corrected chi connectivity index (χ2v) is 6.25. The number of aryl methyl sites for hydroxylation is 1. The number of carbonyl (C=O) groups is 2. The number of nitrogens with one attached hydrogen (secondary N) is 2. The minimum Gasteiger partial charge on any atom is -0.348 e. The predicted molar refractivity (Wildman–Crippen MR) is 96.1 cm³/mol. The fraction of sp³-hybridized carbons (Fsp3) is 0.529. The molecule has 8 heteroatoms. The van der Waals surface area contributed by atoms with Gasteiger partial charge < -0.3 is 16.4 Å². The van der Waals surface area contributed by atoms with Crippen LogP contribution in [0.15, 0.2) is 24.3 Å². The maximum Gasteiger partial charge on any atom is 0.277 e. The van der Waals surface area contributed by atoms with Crippen LogP contribution in [0.1, 0.15) is 36.2 Å². The van der Waals surface area contributed by atoms with Crippen molar-refractivity contribution < 1.29 is 18.4 Å². The van der Waals surface area contributed by atoms with Crippen molar-refractivity contribution >= 4 is 24.2 Å². The van der Waals surface area contributed by atoms with Crippen LogP contribution < -0.4 is 16.4 Å². The number of carbonyl (C=O) groups excluding carboxylic acids is 2. The van der Waals surface area contributed by atoms with Gasteiger partial charge in [-0.2, -0.15) is 0 Å². The quantitative estimate of drug-likeness (QED) is 0.649. The molecule has 25 heavy (non-hydrogen) atoms. The second kappa shape index (κ2) is 10.3. The zero-order valence-corrected chi connectivity index (χ0v) is 15.5. The molecule has 1 aromatic rings. The highest BCUT2D eigenvalue weighted by atomic mass is 35.5. The third-order valence-corrected chi connectivity index (χ3v) is 3.54. The van der Waals surface area contributed by atoms with Crippen LogP contribution in [0.3, 0.4) is 0 Å². The van der Waals surface area contributed by atoms with Gasteiger partial charge in [-0.15, -0.1) is 12.4 Å². The Morgan fingerprint density at radius 2 is 1.84 bits per heavy atom. The van der Waals surface area contributed by atoms with Gasteiger partial charge in [0.15, 0.2) is 0 Å². The van der Waals surface area contributed by atoms with Crippen molar-refractivity contribution in [1.29, 1.82) is 0 Å². The van der Waals surface area contributed by atoms with Crippen molar-refractivity contribution in [1.82, 2.24) is 10.6 Å². The first-order valence-corrected chi connectivity index (χ1v) is 7.88. The Hall–Kier alpha value is -1.73. The number of nitrogens with two attached hydrogens (primary N) is 1. The molecule has 142 valence electrons. The van der Waals surface area contributed by atoms with E-state index < -0.39 is 36.9 Å². The lowest BCUT2D eigenvalue weighted by Gasteiger charge is -2.22. The van der Waals surface area contributed by atoms with Crippen LogP contribution in [-0.2, 0) is 4.79 Å². The summed E-state index contributed by atoms with van der Waals surface area (Å²) in [6.07, 6.45) is 0.345. The van der Waals surface area contributed by atoms with Gasteiger partial charge in [-0.05, 0) is 30.9 Å². The number of hydrogen-bond donors (Lipinski definition) is 3. The summed E-state index contributed by atoms with van der Waals surface area (Å²) in [5, 5.41) is 4.80. The molecule has 0 aliphatic carbocycles. The maximum absolute atomic E-state index is 13.2. The van der Waals surface area contributed by atoms with E-state index in [1.165, 1.54) is 0 Å². The molecular formula is C17H26ClF2N3O2. The zero-order valence-electron chi connectivity index (χ0n) is 14.6. The van der Waals surface area contributed by atoms with Gasteiger partial charge in [0.25, 0.3) is 11.8 Å². The minimum atomic E-state index is -3.17. The third kappa shape index (κ3) is 7.79. The van der Waals surface area contributed by atoms with Crippen LogP contribution in [-0.4, -0.2) is 36.9 Å². The first kappa shape index (κ1) is 23.3. The highest BCUT2D eigenvalue weighted by Crippen LogP contribution is 2.12. The summed E-state index contributed by atoms with van der Waals surface area (Å²) in [6.45, 7) is 3.85. The number of hydrogen-bond acceptors (Lipinski definition) is 3. The lowest BCUT2D eigenvalue weighted by molar-refractivity contribution is -0.125. The molecule has 0 aliphatic rings. The summed E-state index contributed by atoms with van der Waals surface area (Å²) in [6, 6.07) is 6.08. The Labute approximate surface area is 153 Å². The standard InChI is InChI=1S/C17H25F2N3O2.ClH/c1-11(2)8-14(16(24)21-10-17(18,19)9-20)22-15(23)13-7-5-4-6-12(13)3;/h4-7,11,14H,8-10,20H2,1-3H3,(H,21,24)(H,22,23);1H. The molecule has 5 nitrogen and oxygen atoms in total. The Kier molecular flexibility index (Phi) is 9.59. The van der Waals surface area contributed by atoms with E-state index in [0.717, 1.165) is 5.56 Å². The molecule has 1 aromatic carbocycles.